The molecule has 1 aromatic heterocycles. The van der Waals surface area contributed by atoms with Crippen LogP contribution in [0.25, 0.3) is 0 Å². The highest BCUT2D eigenvalue weighted by molar-refractivity contribution is 5.93. The molecule has 152 valence electrons. The van der Waals surface area contributed by atoms with Crippen molar-refractivity contribution < 1.29 is 9.59 Å². The van der Waals surface area contributed by atoms with Gasteiger partial charge in [0.15, 0.2) is 0 Å². The van der Waals surface area contributed by atoms with Crippen LogP contribution < -0.4 is 16.0 Å². The van der Waals surface area contributed by atoms with Crippen molar-refractivity contribution in [2.75, 3.05) is 6.54 Å². The second-order valence-electron chi connectivity index (χ2n) is 8.59. The Labute approximate surface area is 171 Å². The molecule has 1 heterocycles. The van der Waals surface area contributed by atoms with Gasteiger partial charge in [-0.15, -0.1) is 0 Å². The van der Waals surface area contributed by atoms with E-state index >= 15 is 0 Å². The van der Waals surface area contributed by atoms with Crippen molar-refractivity contribution in [1.82, 2.24) is 20.9 Å². The van der Waals surface area contributed by atoms with Crippen LogP contribution in [0.1, 0.15) is 47.3 Å². The molecule has 1 spiro atoms. The third kappa shape index (κ3) is 4.75. The van der Waals surface area contributed by atoms with E-state index in [9.17, 15) is 9.59 Å². The van der Waals surface area contributed by atoms with Crippen molar-refractivity contribution in [2.45, 2.75) is 45.2 Å². The molecule has 6 heteroatoms. The molecule has 0 radical (unpaired) electrons. The predicted molar refractivity (Wildman–Crippen MR) is 111 cm³/mol. The molecule has 2 saturated carbocycles. The van der Waals surface area contributed by atoms with Gasteiger partial charge in [0.1, 0.15) is 0 Å². The lowest BCUT2D eigenvalue weighted by Gasteiger charge is -2.58. The van der Waals surface area contributed by atoms with Gasteiger partial charge in [0.05, 0.1) is 5.56 Å². The monoisotopic (exact) mass is 392 g/mol. The molecule has 3 amide bonds. The van der Waals surface area contributed by atoms with E-state index in [4.69, 9.17) is 0 Å². The van der Waals surface area contributed by atoms with Crippen molar-refractivity contribution in [3.63, 3.8) is 0 Å². The van der Waals surface area contributed by atoms with E-state index in [2.05, 4.69) is 20.9 Å². The van der Waals surface area contributed by atoms with E-state index in [0.29, 0.717) is 30.0 Å². The van der Waals surface area contributed by atoms with Crippen LogP contribution in [0.15, 0.2) is 48.7 Å². The second kappa shape index (κ2) is 8.23. The van der Waals surface area contributed by atoms with Crippen LogP contribution in [0.5, 0.6) is 0 Å². The summed E-state index contributed by atoms with van der Waals surface area (Å²) in [7, 11) is 0. The minimum Gasteiger partial charge on any atom is -0.352 e. The molecule has 0 aliphatic heterocycles. The fourth-order valence-electron chi connectivity index (χ4n) is 4.69. The maximum Gasteiger partial charge on any atom is 0.315 e. The first-order valence-corrected chi connectivity index (χ1v) is 10.3. The molecule has 4 rings (SSSR count). The van der Waals surface area contributed by atoms with E-state index in [1.807, 2.05) is 49.4 Å². The normalized spacial score (nSPS) is 24.9. The summed E-state index contributed by atoms with van der Waals surface area (Å²) >= 11 is 0. The number of urea groups is 1. The summed E-state index contributed by atoms with van der Waals surface area (Å²) in [6, 6.07) is 13.7. The molecule has 29 heavy (non-hydrogen) atoms. The fraction of sp³-hybridized carbons (Fsp3) is 0.435. The van der Waals surface area contributed by atoms with Gasteiger partial charge in [-0.3, -0.25) is 9.78 Å². The summed E-state index contributed by atoms with van der Waals surface area (Å²) in [6.45, 7) is 3.16. The lowest BCUT2D eigenvalue weighted by Crippen LogP contribution is -2.58. The number of nitrogens with one attached hydrogen (secondary N) is 3. The Kier molecular flexibility index (Phi) is 5.51. The highest BCUT2D eigenvalue weighted by atomic mass is 16.2. The molecule has 0 bridgehead atoms. The van der Waals surface area contributed by atoms with Crippen molar-refractivity contribution in [3.05, 3.63) is 65.5 Å². The third-order valence-electron chi connectivity index (χ3n) is 6.16. The maximum atomic E-state index is 12.2. The second-order valence-corrected chi connectivity index (χ2v) is 8.59. The SMILES string of the molecule is Cc1ccc(C(=O)NCC2CC3(C2)CC(NC(=O)NCc2ccccc2)C3)cn1. The molecule has 0 saturated heterocycles. The molecule has 2 fully saturated rings. The van der Waals surface area contributed by atoms with Crippen molar-refractivity contribution in [1.29, 1.82) is 0 Å². The number of pyridine rings is 1. The molecule has 3 N–H and O–H groups in total. The first-order valence-electron chi connectivity index (χ1n) is 10.3. The largest absolute Gasteiger partial charge is 0.352 e. The predicted octanol–water partition coefficient (Wildman–Crippen LogP) is 3.18. The highest BCUT2D eigenvalue weighted by Crippen LogP contribution is 2.58. The van der Waals surface area contributed by atoms with Crippen LogP contribution in [0.2, 0.25) is 0 Å². The van der Waals surface area contributed by atoms with Crippen LogP contribution in [0.3, 0.4) is 0 Å². The summed E-state index contributed by atoms with van der Waals surface area (Å²) in [6.07, 6.45) is 5.96. The topological polar surface area (TPSA) is 83.1 Å². The Morgan fingerprint density at radius 3 is 2.48 bits per heavy atom. The van der Waals surface area contributed by atoms with Gasteiger partial charge in [-0.1, -0.05) is 30.3 Å². The van der Waals surface area contributed by atoms with Gasteiger partial charge in [0.2, 0.25) is 0 Å². The fourth-order valence-corrected chi connectivity index (χ4v) is 4.69. The van der Waals surface area contributed by atoms with Crippen LogP contribution in [-0.2, 0) is 6.54 Å². The minimum absolute atomic E-state index is 0.0540. The number of benzene rings is 1. The molecule has 0 atom stereocenters. The van der Waals surface area contributed by atoms with Gasteiger partial charge in [0.25, 0.3) is 5.91 Å². The zero-order valence-corrected chi connectivity index (χ0v) is 16.8. The van der Waals surface area contributed by atoms with Gasteiger partial charge in [-0.25, -0.2) is 4.79 Å². The number of hydrogen-bond acceptors (Lipinski definition) is 3. The Balaban J connectivity index is 1.11. The zero-order valence-electron chi connectivity index (χ0n) is 16.8. The summed E-state index contributed by atoms with van der Waals surface area (Å²) in [5.41, 5.74) is 2.99. The van der Waals surface area contributed by atoms with Gasteiger partial charge >= 0.3 is 6.03 Å². The average Bonchev–Trinajstić information content (AvgIpc) is 2.67. The standard InChI is InChI=1S/C23H28N4O2/c1-16-7-8-19(15-24-16)21(28)25-14-18-9-23(10-18)11-20(12-23)27-22(29)26-13-17-5-3-2-4-6-17/h2-8,15,18,20H,9-14H2,1H3,(H,25,28)(H2,26,27,29). The summed E-state index contributed by atoms with van der Waals surface area (Å²) < 4.78 is 0. The van der Waals surface area contributed by atoms with Gasteiger partial charge in [-0.2, -0.15) is 0 Å². The van der Waals surface area contributed by atoms with Crippen molar-refractivity contribution in [3.8, 4) is 0 Å². The minimum atomic E-state index is -0.0939. The van der Waals surface area contributed by atoms with Gasteiger partial charge < -0.3 is 16.0 Å². The number of aromatic nitrogens is 1. The highest BCUT2D eigenvalue weighted by Gasteiger charge is 2.52. The van der Waals surface area contributed by atoms with E-state index in [0.717, 1.165) is 36.9 Å². The molecule has 0 unspecified atom stereocenters. The Bertz CT molecular complexity index is 852. The van der Waals surface area contributed by atoms with Crippen LogP contribution >= 0.6 is 0 Å². The summed E-state index contributed by atoms with van der Waals surface area (Å²) in [4.78, 5) is 28.4. The number of carbonyl (C=O) groups is 2. The molecule has 2 aliphatic carbocycles. The van der Waals surface area contributed by atoms with Gasteiger partial charge in [-0.05, 0) is 61.6 Å². The average molecular weight is 393 g/mol. The Hall–Kier alpha value is -2.89. The van der Waals surface area contributed by atoms with E-state index in [1.54, 1.807) is 6.20 Å². The number of nitrogens with zero attached hydrogens (tertiary/aromatic N) is 1. The molecular formula is C23H28N4O2. The number of amides is 3. The van der Waals surface area contributed by atoms with Crippen LogP contribution in [0, 0.1) is 18.3 Å². The summed E-state index contributed by atoms with van der Waals surface area (Å²) in [5.74, 6) is 0.479. The lowest BCUT2D eigenvalue weighted by atomic mass is 9.50. The molecule has 2 aliphatic rings. The van der Waals surface area contributed by atoms with Crippen molar-refractivity contribution >= 4 is 11.9 Å². The number of hydrogen-bond donors (Lipinski definition) is 3. The maximum absolute atomic E-state index is 12.2. The van der Waals surface area contributed by atoms with E-state index < -0.39 is 0 Å². The Morgan fingerprint density at radius 2 is 1.79 bits per heavy atom. The Morgan fingerprint density at radius 1 is 1.03 bits per heavy atom. The third-order valence-corrected chi connectivity index (χ3v) is 6.16. The summed E-state index contributed by atoms with van der Waals surface area (Å²) in [5, 5.41) is 9.02. The zero-order chi connectivity index (χ0) is 20.3. The first kappa shape index (κ1) is 19.4. The van der Waals surface area contributed by atoms with Crippen LogP contribution in [0.4, 0.5) is 4.79 Å². The number of rotatable bonds is 6. The number of aryl methyl sites for hydroxylation is 1. The molecule has 2 aromatic rings. The van der Waals surface area contributed by atoms with E-state index in [-0.39, 0.29) is 18.0 Å². The molecular weight excluding hydrogens is 364 g/mol. The smallest absolute Gasteiger partial charge is 0.315 e. The molecule has 1 aromatic carbocycles. The lowest BCUT2D eigenvalue weighted by molar-refractivity contribution is -0.0444. The number of carbonyl (C=O) groups excluding carboxylic acids is 2. The quantitative estimate of drug-likeness (QED) is 0.706. The molecule has 6 nitrogen and oxygen atoms in total. The van der Waals surface area contributed by atoms with E-state index in [1.165, 1.54) is 0 Å². The van der Waals surface area contributed by atoms with Crippen molar-refractivity contribution in [2.24, 2.45) is 11.3 Å². The first-order chi connectivity index (χ1) is 14.0. The van der Waals surface area contributed by atoms with Gasteiger partial charge in [0, 0.05) is 31.0 Å². The van der Waals surface area contributed by atoms with Crippen LogP contribution in [-0.4, -0.2) is 29.5 Å².